The number of carboxylic acid groups (broad SMARTS) is 1. The van der Waals surface area contributed by atoms with Gasteiger partial charge < -0.3 is 15.4 Å². The van der Waals surface area contributed by atoms with E-state index in [4.69, 9.17) is 5.11 Å². The van der Waals surface area contributed by atoms with Crippen molar-refractivity contribution in [2.75, 3.05) is 12.3 Å². The van der Waals surface area contributed by atoms with Crippen molar-refractivity contribution in [2.45, 2.75) is 11.4 Å². The third-order valence-electron chi connectivity index (χ3n) is 3.73. The van der Waals surface area contributed by atoms with Crippen LogP contribution in [0.15, 0.2) is 53.8 Å². The number of aromatic nitrogens is 2. The van der Waals surface area contributed by atoms with Gasteiger partial charge in [0.2, 0.25) is 5.91 Å². The SMILES string of the molecule is O=C(CSc1ncccc1C(=O)O)NCCc1c[nH]c2ccccc12. The summed E-state index contributed by atoms with van der Waals surface area (Å²) in [5.41, 5.74) is 2.34. The van der Waals surface area contributed by atoms with Gasteiger partial charge in [-0.3, -0.25) is 4.79 Å². The lowest BCUT2D eigenvalue weighted by atomic mass is 10.1. The molecule has 0 radical (unpaired) electrons. The molecule has 3 aromatic rings. The van der Waals surface area contributed by atoms with E-state index >= 15 is 0 Å². The number of nitrogens with zero attached hydrogens (tertiary/aromatic N) is 1. The van der Waals surface area contributed by atoms with E-state index < -0.39 is 5.97 Å². The van der Waals surface area contributed by atoms with Crippen LogP contribution in [0.4, 0.5) is 0 Å². The van der Waals surface area contributed by atoms with Crippen molar-refractivity contribution in [1.29, 1.82) is 0 Å². The molecule has 0 atom stereocenters. The van der Waals surface area contributed by atoms with Crippen LogP contribution in [-0.2, 0) is 11.2 Å². The Labute approximate surface area is 148 Å². The molecule has 2 aromatic heterocycles. The number of aromatic amines is 1. The summed E-state index contributed by atoms with van der Waals surface area (Å²) in [6.07, 6.45) is 4.20. The number of carbonyl (C=O) groups excluding carboxylic acids is 1. The van der Waals surface area contributed by atoms with Crippen molar-refractivity contribution in [1.82, 2.24) is 15.3 Å². The Kier molecular flexibility index (Phi) is 5.35. The van der Waals surface area contributed by atoms with E-state index in [1.54, 1.807) is 6.07 Å². The van der Waals surface area contributed by atoms with Crippen LogP contribution < -0.4 is 5.32 Å². The number of hydrogen-bond acceptors (Lipinski definition) is 4. The van der Waals surface area contributed by atoms with Crippen LogP contribution in [0.5, 0.6) is 0 Å². The third-order valence-corrected chi connectivity index (χ3v) is 4.74. The van der Waals surface area contributed by atoms with Crippen LogP contribution in [0.25, 0.3) is 10.9 Å². The number of pyridine rings is 1. The number of hydrogen-bond donors (Lipinski definition) is 3. The average molecular weight is 355 g/mol. The second kappa shape index (κ2) is 7.85. The first kappa shape index (κ1) is 17.0. The molecule has 2 heterocycles. The number of thioether (sulfide) groups is 1. The van der Waals surface area contributed by atoms with Crippen molar-refractivity contribution in [2.24, 2.45) is 0 Å². The highest BCUT2D eigenvalue weighted by molar-refractivity contribution is 8.00. The number of para-hydroxylation sites is 1. The summed E-state index contributed by atoms with van der Waals surface area (Å²) in [5, 5.41) is 13.5. The molecule has 0 bridgehead atoms. The molecule has 0 aliphatic carbocycles. The van der Waals surface area contributed by atoms with Crippen LogP contribution in [0.1, 0.15) is 15.9 Å². The van der Waals surface area contributed by atoms with E-state index in [1.165, 1.54) is 12.3 Å². The molecule has 3 rings (SSSR count). The third kappa shape index (κ3) is 4.19. The molecule has 0 saturated carbocycles. The van der Waals surface area contributed by atoms with Gasteiger partial charge in [-0.2, -0.15) is 0 Å². The highest BCUT2D eigenvalue weighted by Gasteiger charge is 2.12. The summed E-state index contributed by atoms with van der Waals surface area (Å²) < 4.78 is 0. The molecule has 6 nitrogen and oxygen atoms in total. The van der Waals surface area contributed by atoms with E-state index in [1.807, 2.05) is 30.5 Å². The molecule has 3 N–H and O–H groups in total. The molecule has 1 aromatic carbocycles. The fourth-order valence-electron chi connectivity index (χ4n) is 2.53. The number of nitrogens with one attached hydrogen (secondary N) is 2. The van der Waals surface area contributed by atoms with Crippen molar-refractivity contribution in [3.63, 3.8) is 0 Å². The topological polar surface area (TPSA) is 95.1 Å². The number of carboxylic acids is 1. The second-order valence-electron chi connectivity index (χ2n) is 5.41. The Bertz CT molecular complexity index is 907. The molecule has 7 heteroatoms. The quantitative estimate of drug-likeness (QED) is 0.567. The highest BCUT2D eigenvalue weighted by atomic mass is 32.2. The zero-order valence-corrected chi connectivity index (χ0v) is 14.2. The first-order valence-electron chi connectivity index (χ1n) is 7.78. The number of benzene rings is 1. The molecule has 0 spiro atoms. The monoisotopic (exact) mass is 355 g/mol. The minimum absolute atomic E-state index is 0.110. The molecule has 0 fully saturated rings. The number of H-pyrrole nitrogens is 1. The maximum absolute atomic E-state index is 12.0. The summed E-state index contributed by atoms with van der Waals surface area (Å²) in [6, 6.07) is 11.1. The van der Waals surface area contributed by atoms with E-state index in [0.717, 1.165) is 34.6 Å². The molecule has 0 aliphatic rings. The molecule has 1 amide bonds. The van der Waals surface area contributed by atoms with Crippen LogP contribution in [0.2, 0.25) is 0 Å². The fraction of sp³-hybridized carbons (Fsp3) is 0.167. The Morgan fingerprint density at radius 1 is 1.20 bits per heavy atom. The van der Waals surface area contributed by atoms with Crippen molar-refractivity contribution in [3.8, 4) is 0 Å². The highest BCUT2D eigenvalue weighted by Crippen LogP contribution is 2.20. The molecule has 0 unspecified atom stereocenters. The van der Waals surface area contributed by atoms with E-state index in [0.29, 0.717) is 11.6 Å². The van der Waals surface area contributed by atoms with Crippen LogP contribution in [-0.4, -0.2) is 39.2 Å². The Balaban J connectivity index is 1.50. The number of aromatic carboxylic acids is 1. The predicted molar refractivity (Wildman–Crippen MR) is 96.9 cm³/mol. The van der Waals surface area contributed by atoms with Gasteiger partial charge in [0.1, 0.15) is 5.03 Å². The van der Waals surface area contributed by atoms with Gasteiger partial charge in [-0.15, -0.1) is 0 Å². The van der Waals surface area contributed by atoms with Crippen LogP contribution in [0, 0.1) is 0 Å². The van der Waals surface area contributed by atoms with Gasteiger partial charge in [0.15, 0.2) is 0 Å². The van der Waals surface area contributed by atoms with Gasteiger partial charge in [-0.05, 0) is 30.2 Å². The van der Waals surface area contributed by atoms with E-state index in [9.17, 15) is 9.59 Å². The number of rotatable bonds is 7. The van der Waals surface area contributed by atoms with Crippen molar-refractivity contribution >= 4 is 34.5 Å². The molecule has 0 saturated heterocycles. The van der Waals surface area contributed by atoms with Crippen LogP contribution >= 0.6 is 11.8 Å². The Morgan fingerprint density at radius 2 is 2.04 bits per heavy atom. The molecular weight excluding hydrogens is 338 g/mol. The lowest BCUT2D eigenvalue weighted by Crippen LogP contribution is -2.27. The normalized spacial score (nSPS) is 10.7. The van der Waals surface area contributed by atoms with E-state index in [-0.39, 0.29) is 17.2 Å². The first-order chi connectivity index (χ1) is 12.1. The summed E-state index contributed by atoms with van der Waals surface area (Å²) >= 11 is 1.12. The summed E-state index contributed by atoms with van der Waals surface area (Å²) in [4.78, 5) is 30.3. The number of amides is 1. The lowest BCUT2D eigenvalue weighted by Gasteiger charge is -2.06. The maximum Gasteiger partial charge on any atom is 0.338 e. The number of carbonyl (C=O) groups is 2. The first-order valence-corrected chi connectivity index (χ1v) is 8.76. The van der Waals surface area contributed by atoms with Crippen LogP contribution in [0.3, 0.4) is 0 Å². The minimum atomic E-state index is -1.05. The van der Waals surface area contributed by atoms with Gasteiger partial charge in [-0.25, -0.2) is 9.78 Å². The summed E-state index contributed by atoms with van der Waals surface area (Å²) in [7, 11) is 0. The summed E-state index contributed by atoms with van der Waals surface area (Å²) in [6.45, 7) is 0.523. The van der Waals surface area contributed by atoms with Crippen molar-refractivity contribution in [3.05, 3.63) is 59.9 Å². The second-order valence-corrected chi connectivity index (χ2v) is 6.37. The largest absolute Gasteiger partial charge is 0.478 e. The minimum Gasteiger partial charge on any atom is -0.478 e. The number of fused-ring (bicyclic) bond motifs is 1. The zero-order valence-electron chi connectivity index (χ0n) is 13.4. The molecule has 25 heavy (non-hydrogen) atoms. The van der Waals surface area contributed by atoms with E-state index in [2.05, 4.69) is 15.3 Å². The van der Waals surface area contributed by atoms with Crippen molar-refractivity contribution < 1.29 is 14.7 Å². The lowest BCUT2D eigenvalue weighted by molar-refractivity contribution is -0.118. The molecule has 128 valence electrons. The predicted octanol–water partition coefficient (Wildman–Crippen LogP) is 2.71. The fourth-order valence-corrected chi connectivity index (χ4v) is 3.34. The summed E-state index contributed by atoms with van der Waals surface area (Å²) in [5.74, 6) is -1.06. The van der Waals surface area contributed by atoms with Gasteiger partial charge in [0.05, 0.1) is 11.3 Å². The van der Waals surface area contributed by atoms with Gasteiger partial charge in [0, 0.05) is 29.8 Å². The molecule has 0 aliphatic heterocycles. The smallest absolute Gasteiger partial charge is 0.338 e. The van der Waals surface area contributed by atoms with Gasteiger partial charge >= 0.3 is 5.97 Å². The van der Waals surface area contributed by atoms with Gasteiger partial charge in [0.25, 0.3) is 0 Å². The Hall–Kier alpha value is -2.80. The zero-order chi connectivity index (χ0) is 17.6. The Morgan fingerprint density at radius 3 is 2.88 bits per heavy atom. The standard InChI is InChI=1S/C18H17N3O3S/c22-16(11-25-17-14(18(23)24)5-3-8-20-17)19-9-7-12-10-21-15-6-2-1-4-13(12)15/h1-6,8,10,21H,7,9,11H2,(H,19,22)(H,23,24). The average Bonchev–Trinajstić information content (AvgIpc) is 3.03. The van der Waals surface area contributed by atoms with Gasteiger partial charge in [-0.1, -0.05) is 30.0 Å². The molecular formula is C18H17N3O3S. The maximum atomic E-state index is 12.0.